The Labute approximate surface area is 53.0 Å². The van der Waals surface area contributed by atoms with Gasteiger partial charge in [-0.2, -0.15) is 0 Å². The summed E-state index contributed by atoms with van der Waals surface area (Å²) < 4.78 is 4.61. The Hall–Kier alpha value is -0.860. The molecular weight excluding hydrogens is 120 g/mol. The molecule has 0 spiro atoms. The molecule has 1 atom stereocenters. The van der Waals surface area contributed by atoms with Gasteiger partial charge in [0.05, 0.1) is 0 Å². The topological polar surface area (TPSA) is 43.4 Å². The number of Topliss-reactive ketones (excluding diaryl/α,β-unsaturated/α-hetero) is 1. The van der Waals surface area contributed by atoms with Gasteiger partial charge in [0.15, 0.2) is 11.9 Å². The van der Waals surface area contributed by atoms with Crippen LogP contribution in [0.15, 0.2) is 0 Å². The van der Waals surface area contributed by atoms with Crippen LogP contribution in [0.5, 0.6) is 0 Å². The SMILES string of the molecule is CC(=O)O[C@@H]1CCC1=O. The highest BCUT2D eigenvalue weighted by Gasteiger charge is 2.30. The second kappa shape index (κ2) is 2.17. The zero-order valence-corrected chi connectivity index (χ0v) is 5.22. The molecular formula is C6H8O3. The molecule has 1 aliphatic rings. The first-order valence-electron chi connectivity index (χ1n) is 2.90. The van der Waals surface area contributed by atoms with E-state index in [4.69, 9.17) is 0 Å². The van der Waals surface area contributed by atoms with Crippen molar-refractivity contribution in [1.82, 2.24) is 0 Å². The predicted octanol–water partition coefficient (Wildman–Crippen LogP) is 0.281. The highest BCUT2D eigenvalue weighted by molar-refractivity contribution is 5.90. The van der Waals surface area contributed by atoms with Crippen molar-refractivity contribution in [3.8, 4) is 0 Å². The van der Waals surface area contributed by atoms with Crippen molar-refractivity contribution < 1.29 is 14.3 Å². The van der Waals surface area contributed by atoms with Crippen LogP contribution in [0.1, 0.15) is 19.8 Å². The average Bonchev–Trinajstić information content (AvgIpc) is 1.79. The third-order valence-corrected chi connectivity index (χ3v) is 1.32. The molecule has 3 heteroatoms. The van der Waals surface area contributed by atoms with Gasteiger partial charge in [-0.3, -0.25) is 9.59 Å². The fraction of sp³-hybridized carbons (Fsp3) is 0.667. The molecule has 0 aliphatic heterocycles. The number of hydrogen-bond acceptors (Lipinski definition) is 3. The van der Waals surface area contributed by atoms with Gasteiger partial charge in [-0.1, -0.05) is 0 Å². The molecule has 0 saturated heterocycles. The minimum Gasteiger partial charge on any atom is -0.455 e. The third kappa shape index (κ3) is 1.28. The number of hydrogen-bond donors (Lipinski definition) is 0. The fourth-order valence-electron chi connectivity index (χ4n) is 0.705. The Bertz CT molecular complexity index is 150. The van der Waals surface area contributed by atoms with E-state index in [2.05, 4.69) is 4.74 Å². The van der Waals surface area contributed by atoms with E-state index in [0.29, 0.717) is 12.8 Å². The van der Waals surface area contributed by atoms with Crippen molar-refractivity contribution in [2.75, 3.05) is 0 Å². The molecule has 1 aliphatic carbocycles. The van der Waals surface area contributed by atoms with Crippen molar-refractivity contribution in [1.29, 1.82) is 0 Å². The third-order valence-electron chi connectivity index (χ3n) is 1.32. The van der Waals surface area contributed by atoms with Gasteiger partial charge in [-0.15, -0.1) is 0 Å². The van der Waals surface area contributed by atoms with Gasteiger partial charge in [0, 0.05) is 13.3 Å². The molecule has 1 rings (SSSR count). The van der Waals surface area contributed by atoms with Gasteiger partial charge >= 0.3 is 5.97 Å². The number of rotatable bonds is 1. The maximum atomic E-state index is 10.5. The second-order valence-electron chi connectivity index (χ2n) is 2.10. The van der Waals surface area contributed by atoms with Gasteiger partial charge in [0.2, 0.25) is 0 Å². The Morgan fingerprint density at radius 1 is 1.78 bits per heavy atom. The largest absolute Gasteiger partial charge is 0.455 e. The molecule has 0 aromatic heterocycles. The van der Waals surface area contributed by atoms with Crippen LogP contribution in [0.25, 0.3) is 0 Å². The lowest BCUT2D eigenvalue weighted by molar-refractivity contribution is -0.159. The summed E-state index contributed by atoms with van der Waals surface area (Å²) in [4.78, 5) is 20.7. The van der Waals surface area contributed by atoms with Crippen LogP contribution in [0.2, 0.25) is 0 Å². The summed E-state index contributed by atoms with van der Waals surface area (Å²) in [5.41, 5.74) is 0. The van der Waals surface area contributed by atoms with Gasteiger partial charge in [0.1, 0.15) is 0 Å². The van der Waals surface area contributed by atoms with Crippen molar-refractivity contribution in [3.63, 3.8) is 0 Å². The maximum Gasteiger partial charge on any atom is 0.303 e. The zero-order valence-electron chi connectivity index (χ0n) is 5.22. The number of ether oxygens (including phenoxy) is 1. The summed E-state index contributed by atoms with van der Waals surface area (Å²) >= 11 is 0. The monoisotopic (exact) mass is 128 g/mol. The van der Waals surface area contributed by atoms with Crippen LogP contribution >= 0.6 is 0 Å². The molecule has 0 unspecified atom stereocenters. The summed E-state index contributed by atoms with van der Waals surface area (Å²) in [5, 5.41) is 0. The van der Waals surface area contributed by atoms with Gasteiger partial charge in [-0.05, 0) is 6.42 Å². The van der Waals surface area contributed by atoms with E-state index in [1.54, 1.807) is 0 Å². The molecule has 0 aromatic carbocycles. The van der Waals surface area contributed by atoms with E-state index in [1.807, 2.05) is 0 Å². The summed E-state index contributed by atoms with van der Waals surface area (Å²) in [6.07, 6.45) is 0.860. The fourth-order valence-corrected chi connectivity index (χ4v) is 0.705. The molecule has 0 amide bonds. The smallest absolute Gasteiger partial charge is 0.303 e. The Balaban J connectivity index is 2.29. The predicted molar refractivity (Wildman–Crippen MR) is 29.8 cm³/mol. The highest BCUT2D eigenvalue weighted by Crippen LogP contribution is 2.17. The minimum absolute atomic E-state index is 0.0465. The Kier molecular flexibility index (Phi) is 1.51. The molecule has 0 radical (unpaired) electrons. The van der Waals surface area contributed by atoms with Crippen LogP contribution in [0.4, 0.5) is 0 Å². The normalized spacial score (nSPS) is 25.0. The van der Waals surface area contributed by atoms with Crippen molar-refractivity contribution >= 4 is 11.8 Å². The van der Waals surface area contributed by atoms with Gasteiger partial charge < -0.3 is 4.74 Å². The molecule has 0 heterocycles. The summed E-state index contributed by atoms with van der Waals surface area (Å²) in [5.74, 6) is -0.321. The van der Waals surface area contributed by atoms with Crippen molar-refractivity contribution in [3.05, 3.63) is 0 Å². The number of esters is 1. The van der Waals surface area contributed by atoms with E-state index in [9.17, 15) is 9.59 Å². The van der Waals surface area contributed by atoms with Crippen molar-refractivity contribution in [2.24, 2.45) is 0 Å². The van der Waals surface area contributed by atoms with Crippen LogP contribution < -0.4 is 0 Å². The molecule has 9 heavy (non-hydrogen) atoms. The van der Waals surface area contributed by atoms with E-state index in [1.165, 1.54) is 6.92 Å². The van der Waals surface area contributed by atoms with E-state index < -0.39 is 6.10 Å². The van der Waals surface area contributed by atoms with E-state index in [0.717, 1.165) is 0 Å². The van der Waals surface area contributed by atoms with Crippen LogP contribution in [0, 0.1) is 0 Å². The zero-order chi connectivity index (χ0) is 6.85. The lowest BCUT2D eigenvalue weighted by Crippen LogP contribution is -2.35. The van der Waals surface area contributed by atoms with E-state index >= 15 is 0 Å². The van der Waals surface area contributed by atoms with Gasteiger partial charge in [0.25, 0.3) is 0 Å². The lowest BCUT2D eigenvalue weighted by Gasteiger charge is -2.22. The van der Waals surface area contributed by atoms with Crippen LogP contribution in [0.3, 0.4) is 0 Å². The first kappa shape index (κ1) is 6.26. The molecule has 3 nitrogen and oxygen atoms in total. The first-order chi connectivity index (χ1) is 4.20. The van der Waals surface area contributed by atoms with Crippen LogP contribution in [-0.4, -0.2) is 17.9 Å². The summed E-state index contributed by atoms with van der Waals surface area (Å²) in [7, 11) is 0. The number of carbonyl (C=O) groups is 2. The Morgan fingerprint density at radius 3 is 2.56 bits per heavy atom. The molecule has 0 N–H and O–H groups in total. The minimum atomic E-state index is -0.414. The molecule has 1 saturated carbocycles. The average molecular weight is 128 g/mol. The van der Waals surface area contributed by atoms with Crippen LogP contribution in [-0.2, 0) is 14.3 Å². The molecule has 0 bridgehead atoms. The summed E-state index contributed by atoms with van der Waals surface area (Å²) in [6, 6.07) is 0. The van der Waals surface area contributed by atoms with E-state index in [-0.39, 0.29) is 11.8 Å². The summed E-state index contributed by atoms with van der Waals surface area (Å²) in [6.45, 7) is 1.31. The number of carbonyl (C=O) groups excluding carboxylic acids is 2. The first-order valence-corrected chi connectivity index (χ1v) is 2.90. The van der Waals surface area contributed by atoms with Gasteiger partial charge in [-0.25, -0.2) is 0 Å². The molecule has 0 aromatic rings. The number of ketones is 1. The molecule has 1 fully saturated rings. The maximum absolute atomic E-state index is 10.5. The lowest BCUT2D eigenvalue weighted by atomic mass is 9.94. The quantitative estimate of drug-likeness (QED) is 0.476. The van der Waals surface area contributed by atoms with Crippen molar-refractivity contribution in [2.45, 2.75) is 25.9 Å². The standard InChI is InChI=1S/C6H8O3/c1-4(7)9-6-3-2-5(6)8/h6H,2-3H2,1H3/t6-/m1/s1. The molecule has 50 valence electrons. The Morgan fingerprint density at radius 2 is 2.44 bits per heavy atom. The highest BCUT2D eigenvalue weighted by atomic mass is 16.5. The second-order valence-corrected chi connectivity index (χ2v) is 2.10.